The third-order valence-corrected chi connectivity index (χ3v) is 2.75. The molecule has 2 aromatic heterocycles. The van der Waals surface area contributed by atoms with E-state index in [0.29, 0.717) is 23.4 Å². The molecule has 3 rings (SSSR count). The van der Waals surface area contributed by atoms with Gasteiger partial charge in [-0.1, -0.05) is 11.5 Å². The van der Waals surface area contributed by atoms with Crippen molar-refractivity contribution in [3.63, 3.8) is 0 Å². The molecule has 17 heavy (non-hydrogen) atoms. The molecule has 0 saturated heterocycles. The summed E-state index contributed by atoms with van der Waals surface area (Å²) in [7, 11) is 5.71. The standard InChI is InChI=1S/C11H9BN4O/c12-7-1-3-13-10(5-7)16-9-2-4-14-11(17)8(9)6-15-16/h1,3,5-6H,2,4H2,(H,14,17). The van der Waals surface area contributed by atoms with E-state index in [1.807, 2.05) is 0 Å². The van der Waals surface area contributed by atoms with E-state index in [2.05, 4.69) is 15.4 Å². The number of pyridine rings is 1. The second kappa shape index (κ2) is 3.73. The van der Waals surface area contributed by atoms with E-state index in [9.17, 15) is 4.79 Å². The molecule has 3 heterocycles. The van der Waals surface area contributed by atoms with Crippen molar-refractivity contribution in [3.05, 3.63) is 35.8 Å². The quantitative estimate of drug-likeness (QED) is 0.654. The van der Waals surface area contributed by atoms with Gasteiger partial charge in [-0.05, 0) is 6.07 Å². The lowest BCUT2D eigenvalue weighted by molar-refractivity contribution is 0.0945. The van der Waals surface area contributed by atoms with Crippen LogP contribution in [0.15, 0.2) is 24.5 Å². The first-order valence-electron chi connectivity index (χ1n) is 5.33. The first-order chi connectivity index (χ1) is 8.25. The van der Waals surface area contributed by atoms with Gasteiger partial charge in [-0.3, -0.25) is 4.79 Å². The molecule has 1 aliphatic rings. The van der Waals surface area contributed by atoms with Crippen LogP contribution in [0.25, 0.3) is 5.82 Å². The zero-order chi connectivity index (χ0) is 11.8. The first-order valence-corrected chi connectivity index (χ1v) is 5.33. The Kier molecular flexibility index (Phi) is 2.21. The van der Waals surface area contributed by atoms with E-state index < -0.39 is 0 Å². The van der Waals surface area contributed by atoms with Gasteiger partial charge < -0.3 is 5.32 Å². The molecule has 0 aliphatic carbocycles. The van der Waals surface area contributed by atoms with Crippen molar-refractivity contribution in [2.45, 2.75) is 6.42 Å². The topological polar surface area (TPSA) is 59.8 Å². The average Bonchev–Trinajstić information content (AvgIpc) is 2.74. The van der Waals surface area contributed by atoms with Crippen LogP contribution in [0, 0.1) is 0 Å². The number of rotatable bonds is 1. The maximum Gasteiger partial charge on any atom is 0.254 e. The maximum atomic E-state index is 11.6. The van der Waals surface area contributed by atoms with Gasteiger partial charge >= 0.3 is 0 Å². The summed E-state index contributed by atoms with van der Waals surface area (Å²) in [6, 6.07) is 3.45. The van der Waals surface area contributed by atoms with Gasteiger partial charge in [-0.2, -0.15) is 5.10 Å². The monoisotopic (exact) mass is 224 g/mol. The number of amides is 1. The van der Waals surface area contributed by atoms with E-state index in [1.165, 1.54) is 0 Å². The smallest absolute Gasteiger partial charge is 0.254 e. The number of fused-ring (bicyclic) bond motifs is 1. The Labute approximate surface area is 99.3 Å². The number of aromatic nitrogens is 3. The van der Waals surface area contributed by atoms with E-state index >= 15 is 0 Å². The SMILES string of the molecule is [B]c1ccnc(-n2ncc3c2CCNC3=O)c1. The van der Waals surface area contributed by atoms with Crippen molar-refractivity contribution in [1.29, 1.82) is 0 Å². The normalized spacial score (nSPS) is 14.2. The van der Waals surface area contributed by atoms with Crippen LogP contribution in [0.2, 0.25) is 0 Å². The molecule has 1 amide bonds. The highest BCUT2D eigenvalue weighted by Gasteiger charge is 2.22. The summed E-state index contributed by atoms with van der Waals surface area (Å²) >= 11 is 0. The number of nitrogens with one attached hydrogen (secondary N) is 1. The van der Waals surface area contributed by atoms with Crippen molar-refractivity contribution >= 4 is 19.2 Å². The minimum atomic E-state index is -0.0820. The van der Waals surface area contributed by atoms with Gasteiger partial charge in [-0.15, -0.1) is 0 Å². The fraction of sp³-hybridized carbons (Fsp3) is 0.182. The summed E-state index contributed by atoms with van der Waals surface area (Å²) in [5.41, 5.74) is 2.12. The van der Waals surface area contributed by atoms with Gasteiger partial charge in [-0.25, -0.2) is 9.67 Å². The molecule has 2 radical (unpaired) electrons. The van der Waals surface area contributed by atoms with Gasteiger partial charge in [0.2, 0.25) is 0 Å². The van der Waals surface area contributed by atoms with Crippen molar-refractivity contribution in [2.75, 3.05) is 6.54 Å². The van der Waals surface area contributed by atoms with Gasteiger partial charge in [0.05, 0.1) is 17.5 Å². The zero-order valence-electron chi connectivity index (χ0n) is 9.05. The lowest BCUT2D eigenvalue weighted by atomic mass is 9.98. The Balaban J connectivity index is 2.13. The van der Waals surface area contributed by atoms with Crippen LogP contribution < -0.4 is 10.8 Å². The number of nitrogens with zero attached hydrogens (tertiary/aromatic N) is 3. The molecule has 0 fully saturated rings. The molecule has 1 aliphatic heterocycles. The number of carbonyl (C=O) groups excluding carboxylic acids is 1. The number of hydrogen-bond acceptors (Lipinski definition) is 3. The van der Waals surface area contributed by atoms with Crippen molar-refractivity contribution in [1.82, 2.24) is 20.1 Å². The van der Waals surface area contributed by atoms with Crippen LogP contribution in [-0.2, 0) is 6.42 Å². The van der Waals surface area contributed by atoms with Crippen molar-refractivity contribution in [3.8, 4) is 5.82 Å². The highest BCUT2D eigenvalue weighted by atomic mass is 16.1. The minimum Gasteiger partial charge on any atom is -0.352 e. The fourth-order valence-corrected chi connectivity index (χ4v) is 1.94. The Morgan fingerprint density at radius 3 is 3.18 bits per heavy atom. The molecule has 5 nitrogen and oxygen atoms in total. The summed E-state index contributed by atoms with van der Waals surface area (Å²) in [5.74, 6) is 0.558. The first kappa shape index (κ1) is 10.1. The minimum absolute atomic E-state index is 0.0820. The summed E-state index contributed by atoms with van der Waals surface area (Å²) in [4.78, 5) is 15.8. The van der Waals surface area contributed by atoms with Crippen LogP contribution in [0.5, 0.6) is 0 Å². The number of hydrogen-bond donors (Lipinski definition) is 1. The zero-order valence-corrected chi connectivity index (χ0v) is 9.05. The molecule has 0 atom stereocenters. The van der Waals surface area contributed by atoms with Gasteiger partial charge in [0.25, 0.3) is 5.91 Å². The Morgan fingerprint density at radius 1 is 1.47 bits per heavy atom. The largest absolute Gasteiger partial charge is 0.352 e. The second-order valence-electron chi connectivity index (χ2n) is 3.87. The third-order valence-electron chi connectivity index (χ3n) is 2.75. The Bertz CT molecular complexity index is 593. The summed E-state index contributed by atoms with van der Waals surface area (Å²) < 4.78 is 1.67. The molecule has 0 saturated carbocycles. The highest BCUT2D eigenvalue weighted by Crippen LogP contribution is 2.16. The highest BCUT2D eigenvalue weighted by molar-refractivity contribution is 6.32. The molecule has 1 N–H and O–H groups in total. The Hall–Kier alpha value is -2.11. The summed E-state index contributed by atoms with van der Waals surface area (Å²) in [6.45, 7) is 0.625. The van der Waals surface area contributed by atoms with Gasteiger partial charge in [0.1, 0.15) is 7.85 Å². The van der Waals surface area contributed by atoms with E-state index in [4.69, 9.17) is 7.85 Å². The maximum absolute atomic E-state index is 11.6. The van der Waals surface area contributed by atoms with Crippen molar-refractivity contribution < 1.29 is 4.79 Å². The predicted octanol–water partition coefficient (Wildman–Crippen LogP) is -0.653. The lowest BCUT2D eigenvalue weighted by Gasteiger charge is -2.14. The average molecular weight is 224 g/mol. The molecule has 0 unspecified atom stereocenters. The molecule has 0 bridgehead atoms. The van der Waals surface area contributed by atoms with Gasteiger partial charge in [0, 0.05) is 19.2 Å². The summed E-state index contributed by atoms with van der Waals surface area (Å²) in [5, 5.41) is 6.97. The second-order valence-corrected chi connectivity index (χ2v) is 3.87. The summed E-state index contributed by atoms with van der Waals surface area (Å²) in [6.07, 6.45) is 3.94. The molecule has 0 spiro atoms. The van der Waals surface area contributed by atoms with Crippen LogP contribution in [0.1, 0.15) is 16.1 Å². The lowest BCUT2D eigenvalue weighted by Crippen LogP contribution is -2.32. The van der Waals surface area contributed by atoms with E-state index in [1.54, 1.807) is 29.2 Å². The van der Waals surface area contributed by atoms with E-state index in [0.717, 1.165) is 12.1 Å². The molecule has 0 aromatic carbocycles. The molecule has 82 valence electrons. The van der Waals surface area contributed by atoms with Gasteiger partial charge in [0.15, 0.2) is 5.82 Å². The molecule has 6 heteroatoms. The fourth-order valence-electron chi connectivity index (χ4n) is 1.94. The molecular formula is C11H9BN4O. The van der Waals surface area contributed by atoms with Crippen LogP contribution >= 0.6 is 0 Å². The van der Waals surface area contributed by atoms with Crippen LogP contribution in [-0.4, -0.2) is 35.1 Å². The number of carbonyl (C=O) groups is 1. The third kappa shape index (κ3) is 1.61. The van der Waals surface area contributed by atoms with E-state index in [-0.39, 0.29) is 5.91 Å². The van der Waals surface area contributed by atoms with Crippen LogP contribution in [0.4, 0.5) is 0 Å². The predicted molar refractivity (Wildman–Crippen MR) is 62.8 cm³/mol. The van der Waals surface area contributed by atoms with Crippen molar-refractivity contribution in [2.24, 2.45) is 0 Å². The Morgan fingerprint density at radius 2 is 2.35 bits per heavy atom. The molecular weight excluding hydrogens is 215 g/mol. The molecule has 2 aromatic rings. The van der Waals surface area contributed by atoms with Crippen LogP contribution in [0.3, 0.4) is 0 Å².